The van der Waals surface area contributed by atoms with Gasteiger partial charge in [-0.15, -0.1) is 0 Å². The SMILES string of the molecule is O=c1on2c3c(cccc13)-c1c(cc3oc4ccccc4c(=O)c3c1O)C2. The summed E-state index contributed by atoms with van der Waals surface area (Å²) in [5.74, 6) is -0.130. The molecule has 1 aliphatic heterocycles. The van der Waals surface area contributed by atoms with Gasteiger partial charge in [0.05, 0.1) is 22.8 Å². The number of aromatic nitrogens is 1. The van der Waals surface area contributed by atoms with Crippen molar-refractivity contribution in [1.29, 1.82) is 0 Å². The summed E-state index contributed by atoms with van der Waals surface area (Å²) in [5.41, 5.74) is 2.59. The van der Waals surface area contributed by atoms with Crippen LogP contribution in [0.5, 0.6) is 5.75 Å². The first-order valence-electron chi connectivity index (χ1n) is 8.47. The van der Waals surface area contributed by atoms with Crippen LogP contribution in [0.1, 0.15) is 5.56 Å². The van der Waals surface area contributed by atoms with Crippen molar-refractivity contribution in [2.45, 2.75) is 6.54 Å². The number of fused-ring (bicyclic) bond motifs is 4. The minimum atomic E-state index is -0.427. The van der Waals surface area contributed by atoms with Crippen LogP contribution in [0.15, 0.2) is 67.1 Å². The standard InChI is InChI=1S/C21H11NO5/c23-19-11-4-1-2-7-14(11)26-15-8-10-9-22-18-12(16(10)20(24)17(15)19)5-3-6-13(18)21(25)27-22/h1-8,24H,9H2. The first-order chi connectivity index (χ1) is 13.1. The molecule has 6 heteroatoms. The highest BCUT2D eigenvalue weighted by Gasteiger charge is 2.27. The zero-order valence-corrected chi connectivity index (χ0v) is 13.9. The highest BCUT2D eigenvalue weighted by atomic mass is 16.5. The van der Waals surface area contributed by atoms with Gasteiger partial charge in [0.1, 0.15) is 22.3 Å². The Morgan fingerprint density at radius 2 is 1.78 bits per heavy atom. The second-order valence-electron chi connectivity index (χ2n) is 6.68. The Kier molecular flexibility index (Phi) is 2.49. The molecule has 1 N–H and O–H groups in total. The van der Waals surface area contributed by atoms with Gasteiger partial charge in [0.2, 0.25) is 5.43 Å². The van der Waals surface area contributed by atoms with Crippen molar-refractivity contribution in [2.24, 2.45) is 0 Å². The van der Waals surface area contributed by atoms with Gasteiger partial charge >= 0.3 is 5.63 Å². The molecule has 0 aliphatic carbocycles. The molecule has 0 bridgehead atoms. The van der Waals surface area contributed by atoms with Crippen molar-refractivity contribution in [3.8, 4) is 16.9 Å². The highest BCUT2D eigenvalue weighted by molar-refractivity contribution is 6.04. The van der Waals surface area contributed by atoms with Crippen LogP contribution in [0.25, 0.3) is 44.0 Å². The number of para-hydroxylation sites is 2. The molecule has 130 valence electrons. The first kappa shape index (κ1) is 14.4. The molecule has 0 atom stereocenters. The average Bonchev–Trinajstić information content (AvgIpc) is 2.98. The smallest absolute Gasteiger partial charge is 0.365 e. The summed E-state index contributed by atoms with van der Waals surface area (Å²) in [6.07, 6.45) is 0. The van der Waals surface area contributed by atoms with Crippen LogP contribution >= 0.6 is 0 Å². The lowest BCUT2D eigenvalue weighted by molar-refractivity contribution is 0.276. The Hall–Kier alpha value is -3.80. The molecule has 27 heavy (non-hydrogen) atoms. The maximum absolute atomic E-state index is 13.0. The van der Waals surface area contributed by atoms with Crippen molar-refractivity contribution in [3.05, 3.63) is 74.7 Å². The summed E-state index contributed by atoms with van der Waals surface area (Å²) in [5, 5.41) is 12.0. The Morgan fingerprint density at radius 3 is 2.67 bits per heavy atom. The van der Waals surface area contributed by atoms with Crippen LogP contribution in [-0.4, -0.2) is 9.85 Å². The van der Waals surface area contributed by atoms with E-state index in [-0.39, 0.29) is 23.1 Å². The molecule has 0 saturated heterocycles. The maximum Gasteiger partial charge on any atom is 0.365 e. The van der Waals surface area contributed by atoms with Crippen LogP contribution in [0, 0.1) is 0 Å². The van der Waals surface area contributed by atoms with E-state index in [0.717, 1.165) is 5.56 Å². The van der Waals surface area contributed by atoms with E-state index in [0.29, 0.717) is 38.6 Å². The molecular formula is C21H11NO5. The molecule has 6 rings (SSSR count). The van der Waals surface area contributed by atoms with Crippen molar-refractivity contribution in [3.63, 3.8) is 0 Å². The monoisotopic (exact) mass is 357 g/mol. The molecule has 2 aromatic heterocycles. The quantitative estimate of drug-likeness (QED) is 0.420. The molecule has 5 aromatic rings. The predicted octanol–water partition coefficient (Wildman–Crippen LogP) is 3.59. The van der Waals surface area contributed by atoms with Crippen molar-refractivity contribution >= 4 is 32.8 Å². The molecule has 3 aromatic carbocycles. The largest absolute Gasteiger partial charge is 0.506 e. The summed E-state index contributed by atoms with van der Waals surface area (Å²) in [6, 6.07) is 13.9. The fourth-order valence-electron chi connectivity index (χ4n) is 4.06. The summed E-state index contributed by atoms with van der Waals surface area (Å²) in [7, 11) is 0. The average molecular weight is 357 g/mol. The Balaban J connectivity index is 1.83. The number of hydrogen-bond donors (Lipinski definition) is 1. The van der Waals surface area contributed by atoms with Crippen LogP contribution in [0.2, 0.25) is 0 Å². The third-order valence-electron chi connectivity index (χ3n) is 5.21. The molecule has 0 saturated carbocycles. The summed E-state index contributed by atoms with van der Waals surface area (Å²) < 4.78 is 12.7. The predicted molar refractivity (Wildman–Crippen MR) is 100 cm³/mol. The van der Waals surface area contributed by atoms with Gasteiger partial charge in [-0.1, -0.05) is 24.3 Å². The van der Waals surface area contributed by atoms with Crippen LogP contribution in [0.3, 0.4) is 0 Å². The zero-order chi connectivity index (χ0) is 18.3. The van der Waals surface area contributed by atoms with Crippen LogP contribution in [-0.2, 0) is 6.54 Å². The molecule has 0 spiro atoms. The minimum Gasteiger partial charge on any atom is -0.506 e. The van der Waals surface area contributed by atoms with Gasteiger partial charge in [-0.05, 0) is 29.8 Å². The second-order valence-corrected chi connectivity index (χ2v) is 6.68. The first-order valence-corrected chi connectivity index (χ1v) is 8.47. The molecule has 3 heterocycles. The molecule has 0 fully saturated rings. The maximum atomic E-state index is 13.0. The molecule has 0 unspecified atom stereocenters. The highest BCUT2D eigenvalue weighted by Crippen LogP contribution is 2.44. The summed E-state index contributed by atoms with van der Waals surface area (Å²) >= 11 is 0. The number of benzene rings is 3. The lowest BCUT2D eigenvalue weighted by atomic mass is 9.92. The Morgan fingerprint density at radius 1 is 0.963 bits per heavy atom. The summed E-state index contributed by atoms with van der Waals surface area (Å²) in [4.78, 5) is 25.1. The van der Waals surface area contributed by atoms with Gasteiger partial charge in [0.15, 0.2) is 0 Å². The fourth-order valence-corrected chi connectivity index (χ4v) is 4.06. The topological polar surface area (TPSA) is 85.6 Å². The van der Waals surface area contributed by atoms with Crippen LogP contribution < -0.4 is 11.1 Å². The number of hydrogen-bond acceptors (Lipinski definition) is 5. The van der Waals surface area contributed by atoms with Gasteiger partial charge in [0, 0.05) is 11.1 Å². The van der Waals surface area contributed by atoms with Crippen molar-refractivity contribution < 1.29 is 14.0 Å². The van der Waals surface area contributed by atoms with Gasteiger partial charge < -0.3 is 14.0 Å². The second kappa shape index (κ2) is 4.67. The molecule has 0 radical (unpaired) electrons. The van der Waals surface area contributed by atoms with Gasteiger partial charge in [0.25, 0.3) is 0 Å². The van der Waals surface area contributed by atoms with Crippen molar-refractivity contribution in [1.82, 2.24) is 4.74 Å². The molecule has 6 nitrogen and oxygen atoms in total. The number of rotatable bonds is 0. The summed E-state index contributed by atoms with van der Waals surface area (Å²) in [6.45, 7) is 0.269. The lowest BCUT2D eigenvalue weighted by Gasteiger charge is -2.19. The number of phenolic OH excluding ortho intramolecular Hbond substituents is 1. The van der Waals surface area contributed by atoms with E-state index in [4.69, 9.17) is 8.94 Å². The third kappa shape index (κ3) is 1.69. The van der Waals surface area contributed by atoms with E-state index >= 15 is 0 Å². The molecular weight excluding hydrogens is 346 g/mol. The van der Waals surface area contributed by atoms with E-state index in [1.807, 2.05) is 0 Å². The number of phenols is 1. The fraction of sp³-hybridized carbons (Fsp3) is 0.0476. The Bertz CT molecular complexity index is 1550. The van der Waals surface area contributed by atoms with E-state index in [9.17, 15) is 14.7 Å². The van der Waals surface area contributed by atoms with Crippen LogP contribution in [0.4, 0.5) is 0 Å². The van der Waals surface area contributed by atoms with E-state index in [2.05, 4.69) is 0 Å². The lowest BCUT2D eigenvalue weighted by Crippen LogP contribution is -2.09. The van der Waals surface area contributed by atoms with Gasteiger partial charge in [-0.25, -0.2) is 9.53 Å². The molecule has 1 aliphatic rings. The van der Waals surface area contributed by atoms with E-state index in [1.165, 1.54) is 4.74 Å². The van der Waals surface area contributed by atoms with E-state index < -0.39 is 5.63 Å². The number of nitrogens with zero attached hydrogens (tertiary/aromatic N) is 1. The number of aromatic hydroxyl groups is 1. The Labute approximate surface area is 150 Å². The van der Waals surface area contributed by atoms with Gasteiger partial charge in [-0.2, -0.15) is 0 Å². The van der Waals surface area contributed by atoms with Gasteiger partial charge in [-0.3, -0.25) is 4.79 Å². The van der Waals surface area contributed by atoms with Crippen molar-refractivity contribution in [2.75, 3.05) is 0 Å². The normalized spacial score (nSPS) is 12.7. The molecule has 0 amide bonds. The zero-order valence-electron chi connectivity index (χ0n) is 13.9. The minimum absolute atomic E-state index is 0.130. The van der Waals surface area contributed by atoms with E-state index in [1.54, 1.807) is 48.5 Å². The third-order valence-corrected chi connectivity index (χ3v) is 5.21.